The molecule has 0 radical (unpaired) electrons. The lowest BCUT2D eigenvalue weighted by molar-refractivity contribution is -0.141. The summed E-state index contributed by atoms with van der Waals surface area (Å²) in [4.78, 5) is 19.8. The van der Waals surface area contributed by atoms with Crippen LogP contribution in [0.5, 0.6) is 0 Å². The van der Waals surface area contributed by atoms with Crippen molar-refractivity contribution < 1.29 is 9.53 Å². The smallest absolute Gasteiger partial charge is 0.306 e. The molecule has 1 aliphatic carbocycles. The number of pyridine rings is 1. The molecular weight excluding hydrogens is 512 g/mol. The van der Waals surface area contributed by atoms with E-state index in [0.29, 0.717) is 17.9 Å². The Balaban J connectivity index is 1.02. The van der Waals surface area contributed by atoms with Gasteiger partial charge in [-0.05, 0) is 106 Å². The van der Waals surface area contributed by atoms with E-state index in [-0.39, 0.29) is 11.9 Å². The van der Waals surface area contributed by atoms with E-state index in [1.54, 1.807) is 0 Å². The molecule has 2 fully saturated rings. The van der Waals surface area contributed by atoms with Crippen LogP contribution in [0.3, 0.4) is 0 Å². The Hall–Kier alpha value is -3.23. The van der Waals surface area contributed by atoms with Crippen LogP contribution in [0.1, 0.15) is 72.7 Å². The maximum atomic E-state index is 12.3. The first kappa shape index (κ1) is 27.9. The van der Waals surface area contributed by atoms with Crippen LogP contribution in [-0.4, -0.2) is 65.0 Å². The fraction of sp³-hybridized carbons (Fsp3) is 0.545. The van der Waals surface area contributed by atoms with Crippen molar-refractivity contribution in [1.82, 2.24) is 25.0 Å². The molecule has 0 amide bonds. The molecule has 1 spiro atoms. The lowest BCUT2D eigenvalue weighted by Gasteiger charge is -2.52. The highest BCUT2D eigenvalue weighted by Gasteiger charge is 2.45. The fourth-order valence-electron chi connectivity index (χ4n) is 7.11. The number of carbonyl (C=O) groups excluding carboxylic acids is 1. The lowest BCUT2D eigenvalue weighted by Crippen LogP contribution is -2.54. The molecule has 3 aliphatic rings. The zero-order valence-electron chi connectivity index (χ0n) is 24.8. The zero-order valence-corrected chi connectivity index (χ0v) is 24.8. The Labute approximate surface area is 243 Å². The fourth-order valence-corrected chi connectivity index (χ4v) is 7.11. The number of ether oxygens (including phenoxy) is 1. The number of nitrogens with one attached hydrogen (secondary N) is 2. The highest BCUT2D eigenvalue weighted by atomic mass is 16.5. The van der Waals surface area contributed by atoms with Gasteiger partial charge in [0.1, 0.15) is 5.82 Å². The van der Waals surface area contributed by atoms with Gasteiger partial charge >= 0.3 is 5.97 Å². The molecule has 6 rings (SSSR count). The number of hydrogen-bond acceptors (Lipinski definition) is 7. The molecule has 1 atom stereocenters. The van der Waals surface area contributed by atoms with Crippen molar-refractivity contribution in [2.45, 2.75) is 77.3 Å². The Morgan fingerprint density at radius 1 is 1.17 bits per heavy atom. The van der Waals surface area contributed by atoms with Gasteiger partial charge < -0.3 is 15.4 Å². The number of aryl methyl sites for hydroxylation is 3. The van der Waals surface area contributed by atoms with Gasteiger partial charge in [-0.1, -0.05) is 18.2 Å². The second kappa shape index (κ2) is 11.9. The van der Waals surface area contributed by atoms with E-state index in [0.717, 1.165) is 67.6 Å². The molecule has 8 nitrogen and oxygen atoms in total. The highest BCUT2D eigenvalue weighted by Crippen LogP contribution is 2.49. The maximum absolute atomic E-state index is 12.3. The first-order valence-corrected chi connectivity index (χ1v) is 15.3. The van der Waals surface area contributed by atoms with Gasteiger partial charge in [-0.2, -0.15) is 5.10 Å². The van der Waals surface area contributed by atoms with Crippen molar-refractivity contribution in [3.63, 3.8) is 0 Å². The monoisotopic (exact) mass is 556 g/mol. The van der Waals surface area contributed by atoms with E-state index in [9.17, 15) is 4.79 Å². The molecule has 1 saturated heterocycles. The largest absolute Gasteiger partial charge is 0.469 e. The molecule has 3 aromatic rings. The second-order valence-electron chi connectivity index (χ2n) is 12.5. The summed E-state index contributed by atoms with van der Waals surface area (Å²) in [7, 11) is 1.47. The number of aromatic nitrogens is 3. The van der Waals surface area contributed by atoms with Gasteiger partial charge in [0.05, 0.1) is 30.6 Å². The number of nitrogens with zero attached hydrogens (tertiary/aromatic N) is 4. The average Bonchev–Trinajstić information content (AvgIpc) is 3.32. The molecule has 4 heterocycles. The summed E-state index contributed by atoms with van der Waals surface area (Å²) in [5, 5.41) is 11.9. The number of methoxy groups -OCH3 is 1. The first-order chi connectivity index (χ1) is 19.9. The van der Waals surface area contributed by atoms with Gasteiger partial charge in [-0.15, -0.1) is 0 Å². The van der Waals surface area contributed by atoms with Crippen LogP contribution < -0.4 is 10.6 Å². The predicted octanol–water partition coefficient (Wildman–Crippen LogP) is 4.92. The minimum Gasteiger partial charge on any atom is -0.469 e. The third-order valence-electron chi connectivity index (χ3n) is 9.50. The third kappa shape index (κ3) is 6.33. The summed E-state index contributed by atoms with van der Waals surface area (Å²) in [6.45, 7) is 9.10. The van der Waals surface area contributed by atoms with Crippen LogP contribution in [-0.2, 0) is 22.5 Å². The van der Waals surface area contributed by atoms with Crippen molar-refractivity contribution in [1.29, 1.82) is 0 Å². The Bertz CT molecular complexity index is 1370. The summed E-state index contributed by atoms with van der Waals surface area (Å²) in [5.74, 6) is 0.977. The quantitative estimate of drug-likeness (QED) is 0.362. The van der Waals surface area contributed by atoms with Gasteiger partial charge in [0.25, 0.3) is 0 Å². The zero-order chi connectivity index (χ0) is 28.4. The molecule has 2 aromatic heterocycles. The molecule has 2 aliphatic heterocycles. The number of likely N-dealkylation sites (tertiary alicyclic amines) is 1. The second-order valence-corrected chi connectivity index (χ2v) is 12.5. The molecule has 41 heavy (non-hydrogen) atoms. The van der Waals surface area contributed by atoms with Gasteiger partial charge in [0, 0.05) is 37.3 Å². The summed E-state index contributed by atoms with van der Waals surface area (Å²) >= 11 is 0. The average molecular weight is 557 g/mol. The van der Waals surface area contributed by atoms with Crippen LogP contribution in [0, 0.1) is 19.3 Å². The Morgan fingerprint density at radius 3 is 2.76 bits per heavy atom. The number of benzene rings is 1. The molecule has 1 aromatic carbocycles. The van der Waals surface area contributed by atoms with Gasteiger partial charge in [-0.25, -0.2) is 9.67 Å². The minimum absolute atomic E-state index is 0.0522. The lowest BCUT2D eigenvalue weighted by atomic mass is 9.60. The summed E-state index contributed by atoms with van der Waals surface area (Å²) in [5.41, 5.74) is 7.27. The molecule has 218 valence electrons. The van der Waals surface area contributed by atoms with Crippen LogP contribution >= 0.6 is 0 Å². The number of hydrogen-bond donors (Lipinski definition) is 2. The number of rotatable bonds is 9. The van der Waals surface area contributed by atoms with Gasteiger partial charge in [-0.3, -0.25) is 9.69 Å². The summed E-state index contributed by atoms with van der Waals surface area (Å²) in [6.07, 6.45) is 7.65. The number of fused-ring (bicyclic) bond motifs is 1. The number of esters is 1. The number of anilines is 1. The van der Waals surface area contributed by atoms with Crippen molar-refractivity contribution in [3.05, 3.63) is 70.7 Å². The molecule has 0 bridgehead atoms. The van der Waals surface area contributed by atoms with E-state index in [1.807, 2.05) is 11.6 Å². The highest BCUT2D eigenvalue weighted by molar-refractivity contribution is 5.70. The van der Waals surface area contributed by atoms with Crippen molar-refractivity contribution >= 4 is 11.8 Å². The van der Waals surface area contributed by atoms with E-state index >= 15 is 0 Å². The standard InChI is InChI=1S/C33H44N6O2/c1-23-16-24(2)39(37-23)30-8-4-6-26(17-30)27(18-31(40)41-3)21-35-29-19-33(20-29)11-14-38(15-12-33)22-28-10-9-25-7-5-13-34-32(25)36-28/h4,6,8-10,16-17,27,29,35H,5,7,11-15,18-22H2,1-3H3,(H,34,36)/t27-/m1/s1. The van der Waals surface area contributed by atoms with Crippen LogP contribution in [0.2, 0.25) is 0 Å². The van der Waals surface area contributed by atoms with E-state index < -0.39 is 0 Å². The molecule has 8 heteroatoms. The minimum atomic E-state index is -0.171. The van der Waals surface area contributed by atoms with Crippen molar-refractivity contribution in [2.24, 2.45) is 5.41 Å². The molecular formula is C33H44N6O2. The number of piperidine rings is 1. The molecule has 0 unspecified atom stereocenters. The third-order valence-corrected chi connectivity index (χ3v) is 9.50. The molecule has 1 saturated carbocycles. The maximum Gasteiger partial charge on any atom is 0.306 e. The van der Waals surface area contributed by atoms with E-state index in [1.165, 1.54) is 50.5 Å². The Kier molecular flexibility index (Phi) is 8.13. The summed E-state index contributed by atoms with van der Waals surface area (Å²) < 4.78 is 7.03. The van der Waals surface area contributed by atoms with Crippen LogP contribution in [0.25, 0.3) is 5.69 Å². The normalized spacial score (nSPS) is 19.3. The van der Waals surface area contributed by atoms with Crippen LogP contribution in [0.4, 0.5) is 5.82 Å². The number of carbonyl (C=O) groups is 1. The van der Waals surface area contributed by atoms with Crippen molar-refractivity contribution in [3.8, 4) is 5.69 Å². The summed E-state index contributed by atoms with van der Waals surface area (Å²) in [6, 6.07) is 15.5. The van der Waals surface area contributed by atoms with Gasteiger partial charge in [0.2, 0.25) is 0 Å². The predicted molar refractivity (Wildman–Crippen MR) is 161 cm³/mol. The first-order valence-electron chi connectivity index (χ1n) is 15.3. The van der Waals surface area contributed by atoms with E-state index in [4.69, 9.17) is 9.72 Å². The Morgan fingerprint density at radius 2 is 2.00 bits per heavy atom. The van der Waals surface area contributed by atoms with Crippen molar-refractivity contribution in [2.75, 3.05) is 38.6 Å². The topological polar surface area (TPSA) is 84.3 Å². The van der Waals surface area contributed by atoms with E-state index in [2.05, 4.69) is 70.0 Å². The SMILES string of the molecule is COC(=O)C[C@H](CNC1CC2(CCN(Cc3ccc4c(n3)NCCC4)CC2)C1)c1cccc(-n2nc(C)cc2C)c1. The van der Waals surface area contributed by atoms with Gasteiger partial charge in [0.15, 0.2) is 0 Å². The van der Waals surface area contributed by atoms with Crippen LogP contribution in [0.15, 0.2) is 42.5 Å². The molecule has 2 N–H and O–H groups in total.